The fourth-order valence-corrected chi connectivity index (χ4v) is 3.27. The molecule has 138 valence electrons. The molecule has 0 saturated carbocycles. The van der Waals surface area contributed by atoms with Crippen LogP contribution < -0.4 is 10.6 Å². The van der Waals surface area contributed by atoms with Gasteiger partial charge in [0.1, 0.15) is 0 Å². The Hall–Kier alpha value is -0.810. The number of nitrogens with one attached hydrogen (secondary N) is 2. The lowest BCUT2D eigenvalue weighted by atomic mass is 10.2. The van der Waals surface area contributed by atoms with E-state index in [1.165, 1.54) is 4.90 Å². The summed E-state index contributed by atoms with van der Waals surface area (Å²) in [6.45, 7) is 7.39. The summed E-state index contributed by atoms with van der Waals surface area (Å²) in [4.78, 5) is 9.61. The molecule has 2 rings (SSSR count). The Morgan fingerprint density at radius 2 is 1.96 bits per heavy atom. The van der Waals surface area contributed by atoms with Crippen molar-refractivity contribution in [2.45, 2.75) is 37.0 Å². The van der Waals surface area contributed by atoms with Gasteiger partial charge >= 0.3 is 0 Å². The summed E-state index contributed by atoms with van der Waals surface area (Å²) in [6.07, 6.45) is 0. The number of rotatable bonds is 6. The smallest absolute Gasteiger partial charge is 0.246 e. The molecule has 0 aliphatic heterocycles. The summed E-state index contributed by atoms with van der Waals surface area (Å²) in [5.74, 6) is 1.87. The lowest BCUT2D eigenvalue weighted by Crippen LogP contribution is -2.43. The molecule has 1 heterocycles. The third-order valence-electron chi connectivity index (χ3n) is 3.09. The summed E-state index contributed by atoms with van der Waals surface area (Å²) < 4.78 is 6.17. The van der Waals surface area contributed by atoms with Gasteiger partial charge in [-0.1, -0.05) is 21.1 Å². The lowest BCUT2D eigenvalue weighted by Gasteiger charge is -2.25. The summed E-state index contributed by atoms with van der Waals surface area (Å²) >= 11 is 5.28. The maximum atomic E-state index is 5.08. The van der Waals surface area contributed by atoms with Crippen molar-refractivity contribution >= 4 is 57.6 Å². The van der Waals surface area contributed by atoms with Crippen molar-refractivity contribution in [1.29, 1.82) is 0 Å². The highest BCUT2D eigenvalue weighted by Crippen LogP contribution is 2.32. The molecule has 0 aliphatic rings. The van der Waals surface area contributed by atoms with Crippen LogP contribution in [0.1, 0.15) is 25.6 Å². The summed E-state index contributed by atoms with van der Waals surface area (Å²) in [7, 11) is 1.74. The van der Waals surface area contributed by atoms with E-state index in [-0.39, 0.29) is 28.7 Å². The molecule has 2 aromatic rings. The maximum Gasteiger partial charge on any atom is 0.246 e. The Balaban J connectivity index is 0.00000312. The molecular weight excluding hydrogens is 517 g/mol. The number of guanidine groups is 1. The largest absolute Gasteiger partial charge is 0.355 e. The number of aryl methyl sites for hydroxylation is 1. The third kappa shape index (κ3) is 7.95. The van der Waals surface area contributed by atoms with Crippen molar-refractivity contribution < 1.29 is 4.52 Å². The van der Waals surface area contributed by atoms with Gasteiger partial charge in [-0.25, -0.2) is 0 Å². The van der Waals surface area contributed by atoms with Gasteiger partial charge in [-0.3, -0.25) is 4.99 Å². The van der Waals surface area contributed by atoms with Crippen LogP contribution in [-0.4, -0.2) is 34.4 Å². The highest BCUT2D eigenvalue weighted by molar-refractivity contribution is 14.0. The van der Waals surface area contributed by atoms with E-state index in [9.17, 15) is 0 Å². The zero-order chi connectivity index (χ0) is 17.6. The van der Waals surface area contributed by atoms with E-state index in [0.29, 0.717) is 24.2 Å². The minimum absolute atomic E-state index is 0. The zero-order valence-electron chi connectivity index (χ0n) is 14.7. The van der Waals surface area contributed by atoms with Crippen LogP contribution in [0.3, 0.4) is 0 Å². The van der Waals surface area contributed by atoms with Crippen molar-refractivity contribution in [1.82, 2.24) is 20.8 Å². The highest BCUT2D eigenvalue weighted by atomic mass is 127. The number of aromatic nitrogens is 2. The Morgan fingerprint density at radius 3 is 2.52 bits per heavy atom. The molecule has 1 aromatic heterocycles. The maximum absolute atomic E-state index is 5.08. The van der Waals surface area contributed by atoms with Crippen molar-refractivity contribution in [3.63, 3.8) is 0 Å². The number of thioether (sulfide) groups is 1. The van der Waals surface area contributed by atoms with E-state index >= 15 is 0 Å². The monoisotopic (exact) mass is 539 g/mol. The topological polar surface area (TPSA) is 75.3 Å². The Kier molecular flexibility index (Phi) is 9.22. The van der Waals surface area contributed by atoms with Gasteiger partial charge in [-0.2, -0.15) is 4.98 Å². The standard InChI is InChI=1S/C16H22BrN5OS.HI/c1-11-21-14(23-22-11)9-19-15(18-4)20-10-16(2,3)24-13-7-5-12(17)6-8-13;/h5-8H,9-10H2,1-4H3,(H2,18,19,20);1H. The second-order valence-corrected chi connectivity index (χ2v) is 8.53. The fourth-order valence-electron chi connectivity index (χ4n) is 1.95. The molecule has 25 heavy (non-hydrogen) atoms. The van der Waals surface area contributed by atoms with Gasteiger partial charge in [0, 0.05) is 27.7 Å². The quantitative estimate of drug-likeness (QED) is 0.250. The minimum atomic E-state index is 0. The van der Waals surface area contributed by atoms with Crippen LogP contribution in [0.5, 0.6) is 0 Å². The number of halogens is 2. The Bertz CT molecular complexity index is 690. The molecule has 0 radical (unpaired) electrons. The summed E-state index contributed by atoms with van der Waals surface area (Å²) in [6, 6.07) is 8.33. The van der Waals surface area contributed by atoms with Crippen molar-refractivity contribution in [3.05, 3.63) is 40.5 Å². The molecular formula is C16H23BrIN5OS. The van der Waals surface area contributed by atoms with Crippen molar-refractivity contribution in [3.8, 4) is 0 Å². The van der Waals surface area contributed by atoms with Gasteiger partial charge in [0.05, 0.1) is 6.54 Å². The van der Waals surface area contributed by atoms with Crippen molar-refractivity contribution in [2.75, 3.05) is 13.6 Å². The number of nitrogens with zero attached hydrogens (tertiary/aromatic N) is 3. The molecule has 0 saturated heterocycles. The molecule has 0 spiro atoms. The first kappa shape index (κ1) is 22.2. The predicted octanol–water partition coefficient (Wildman–Crippen LogP) is 3.99. The average Bonchev–Trinajstić information content (AvgIpc) is 2.95. The van der Waals surface area contributed by atoms with Crippen LogP contribution in [-0.2, 0) is 6.54 Å². The normalized spacial score (nSPS) is 11.8. The number of hydrogen-bond acceptors (Lipinski definition) is 5. The Morgan fingerprint density at radius 1 is 1.28 bits per heavy atom. The van der Waals surface area contributed by atoms with Crippen LogP contribution in [0.2, 0.25) is 0 Å². The molecule has 0 unspecified atom stereocenters. The molecule has 0 bridgehead atoms. The van der Waals surface area contributed by atoms with Crippen LogP contribution in [0.15, 0.2) is 43.1 Å². The van der Waals surface area contributed by atoms with Gasteiger partial charge in [0.2, 0.25) is 5.89 Å². The first-order valence-corrected chi connectivity index (χ1v) is 9.17. The lowest BCUT2D eigenvalue weighted by molar-refractivity contribution is 0.371. The first-order chi connectivity index (χ1) is 11.4. The molecule has 6 nitrogen and oxygen atoms in total. The molecule has 9 heteroatoms. The number of benzene rings is 1. The third-order valence-corrected chi connectivity index (χ3v) is 4.82. The second-order valence-electron chi connectivity index (χ2n) is 5.83. The fraction of sp³-hybridized carbons (Fsp3) is 0.438. The van der Waals surface area contributed by atoms with E-state index in [1.54, 1.807) is 14.0 Å². The SMILES string of the molecule is CN=C(NCc1nc(C)no1)NCC(C)(C)Sc1ccc(Br)cc1.I. The summed E-state index contributed by atoms with van der Waals surface area (Å²) in [5.41, 5.74) is 0. The molecule has 0 amide bonds. The van der Waals surface area contributed by atoms with Gasteiger partial charge in [0.15, 0.2) is 11.8 Å². The molecule has 0 fully saturated rings. The number of hydrogen-bond donors (Lipinski definition) is 2. The molecule has 0 atom stereocenters. The van der Waals surface area contributed by atoms with Gasteiger partial charge in [-0.05, 0) is 45.0 Å². The highest BCUT2D eigenvalue weighted by Gasteiger charge is 2.20. The van der Waals surface area contributed by atoms with Crippen LogP contribution in [0, 0.1) is 6.92 Å². The number of aliphatic imine (C=N–C) groups is 1. The van der Waals surface area contributed by atoms with E-state index in [0.717, 1.165) is 11.0 Å². The van der Waals surface area contributed by atoms with Crippen molar-refractivity contribution in [2.24, 2.45) is 4.99 Å². The van der Waals surface area contributed by atoms with Crippen LogP contribution in [0.25, 0.3) is 0 Å². The van der Waals surface area contributed by atoms with E-state index in [4.69, 9.17) is 4.52 Å². The van der Waals surface area contributed by atoms with E-state index < -0.39 is 0 Å². The summed E-state index contributed by atoms with van der Waals surface area (Å²) in [5, 5.41) is 10.3. The van der Waals surface area contributed by atoms with E-state index in [1.807, 2.05) is 11.8 Å². The molecule has 1 aromatic carbocycles. The zero-order valence-corrected chi connectivity index (χ0v) is 19.4. The average molecular weight is 540 g/mol. The van der Waals surface area contributed by atoms with Crippen LogP contribution >= 0.6 is 51.7 Å². The van der Waals surface area contributed by atoms with Gasteiger partial charge < -0.3 is 15.2 Å². The van der Waals surface area contributed by atoms with Gasteiger partial charge in [0.25, 0.3) is 0 Å². The second kappa shape index (κ2) is 10.4. The van der Waals surface area contributed by atoms with Crippen LogP contribution in [0.4, 0.5) is 0 Å². The predicted molar refractivity (Wildman–Crippen MR) is 117 cm³/mol. The first-order valence-electron chi connectivity index (χ1n) is 7.56. The Labute approximate surface area is 178 Å². The minimum Gasteiger partial charge on any atom is -0.355 e. The molecule has 2 N–H and O–H groups in total. The van der Waals surface area contributed by atoms with E-state index in [2.05, 4.69) is 79.8 Å². The van der Waals surface area contributed by atoms with Gasteiger partial charge in [-0.15, -0.1) is 35.7 Å². The molecule has 0 aliphatic carbocycles.